The first-order chi connectivity index (χ1) is 8.50. The second kappa shape index (κ2) is 7.78. The van der Waals surface area contributed by atoms with E-state index in [1.54, 1.807) is 0 Å². The van der Waals surface area contributed by atoms with E-state index in [1.807, 2.05) is 13.8 Å². The zero-order chi connectivity index (χ0) is 13.5. The topological polar surface area (TPSA) is 32.3 Å². The predicted molar refractivity (Wildman–Crippen MR) is 76.5 cm³/mol. The van der Waals surface area contributed by atoms with Crippen molar-refractivity contribution in [1.82, 2.24) is 10.2 Å². The van der Waals surface area contributed by atoms with Gasteiger partial charge in [0.1, 0.15) is 0 Å². The van der Waals surface area contributed by atoms with E-state index in [1.165, 1.54) is 32.4 Å². The van der Waals surface area contributed by atoms with Gasteiger partial charge in [0.15, 0.2) is 0 Å². The lowest BCUT2D eigenvalue weighted by atomic mass is 9.99. The fourth-order valence-corrected chi connectivity index (χ4v) is 2.43. The molecule has 1 rings (SSSR count). The Morgan fingerprint density at radius 1 is 1.11 bits per heavy atom. The molecule has 0 bridgehead atoms. The molecule has 106 valence electrons. The largest absolute Gasteiger partial charge is 0.353 e. The lowest BCUT2D eigenvalue weighted by Crippen LogP contribution is -2.43. The molecule has 1 N–H and O–H groups in total. The van der Waals surface area contributed by atoms with Gasteiger partial charge < -0.3 is 10.2 Å². The fourth-order valence-electron chi connectivity index (χ4n) is 2.43. The Morgan fingerprint density at radius 3 is 2.22 bits per heavy atom. The van der Waals surface area contributed by atoms with Crippen LogP contribution in [0.2, 0.25) is 0 Å². The maximum atomic E-state index is 11.8. The van der Waals surface area contributed by atoms with Crippen LogP contribution in [-0.4, -0.2) is 36.5 Å². The van der Waals surface area contributed by atoms with Crippen LogP contribution >= 0.6 is 0 Å². The number of amides is 1. The monoisotopic (exact) mass is 254 g/mol. The summed E-state index contributed by atoms with van der Waals surface area (Å²) >= 11 is 0. The van der Waals surface area contributed by atoms with Gasteiger partial charge in [-0.25, -0.2) is 0 Å². The van der Waals surface area contributed by atoms with Crippen molar-refractivity contribution in [3.63, 3.8) is 0 Å². The Balaban J connectivity index is 2.35. The van der Waals surface area contributed by atoms with Crippen molar-refractivity contribution < 1.29 is 4.79 Å². The Morgan fingerprint density at radius 2 is 1.72 bits per heavy atom. The molecule has 0 aromatic rings. The van der Waals surface area contributed by atoms with E-state index < -0.39 is 0 Å². The third kappa shape index (κ3) is 5.38. The molecule has 0 aromatic carbocycles. The number of nitrogens with one attached hydrogen (secondary N) is 1. The van der Waals surface area contributed by atoms with Gasteiger partial charge in [-0.3, -0.25) is 4.79 Å². The van der Waals surface area contributed by atoms with Gasteiger partial charge in [0, 0.05) is 18.5 Å². The predicted octanol–water partition coefficient (Wildman–Crippen LogP) is 2.66. The molecule has 1 aliphatic heterocycles. The highest BCUT2D eigenvalue weighted by Crippen LogP contribution is 2.12. The number of hydrogen-bond acceptors (Lipinski definition) is 2. The summed E-state index contributed by atoms with van der Waals surface area (Å²) in [5.41, 5.74) is 0. The minimum atomic E-state index is 0.0845. The molecule has 0 aromatic heterocycles. The highest BCUT2D eigenvalue weighted by molar-refractivity contribution is 5.78. The van der Waals surface area contributed by atoms with E-state index in [0.29, 0.717) is 12.0 Å². The maximum Gasteiger partial charge on any atom is 0.222 e. The van der Waals surface area contributed by atoms with Crippen LogP contribution in [0.3, 0.4) is 0 Å². The van der Waals surface area contributed by atoms with Crippen molar-refractivity contribution in [2.24, 2.45) is 11.8 Å². The van der Waals surface area contributed by atoms with E-state index in [0.717, 1.165) is 13.0 Å². The third-order valence-corrected chi connectivity index (χ3v) is 3.86. The summed E-state index contributed by atoms with van der Waals surface area (Å²) < 4.78 is 0. The number of carbonyl (C=O) groups is 1. The summed E-state index contributed by atoms with van der Waals surface area (Å²) in [5.74, 6) is 0.783. The van der Waals surface area contributed by atoms with Crippen molar-refractivity contribution in [1.29, 1.82) is 0 Å². The van der Waals surface area contributed by atoms with Crippen molar-refractivity contribution >= 4 is 5.91 Å². The Bertz CT molecular complexity index is 245. The van der Waals surface area contributed by atoms with Crippen LogP contribution < -0.4 is 5.32 Å². The molecule has 18 heavy (non-hydrogen) atoms. The van der Waals surface area contributed by atoms with Gasteiger partial charge in [-0.2, -0.15) is 0 Å². The molecule has 0 spiro atoms. The van der Waals surface area contributed by atoms with E-state index in [2.05, 4.69) is 24.1 Å². The second-order valence-corrected chi connectivity index (χ2v) is 6.20. The molecular weight excluding hydrogens is 224 g/mol. The van der Waals surface area contributed by atoms with Crippen LogP contribution in [0.5, 0.6) is 0 Å². The Kier molecular flexibility index (Phi) is 6.69. The molecule has 1 fully saturated rings. The summed E-state index contributed by atoms with van der Waals surface area (Å²) in [4.78, 5) is 14.3. The maximum absolute atomic E-state index is 11.8. The smallest absolute Gasteiger partial charge is 0.222 e. The van der Waals surface area contributed by atoms with Crippen molar-refractivity contribution in [3.05, 3.63) is 0 Å². The van der Waals surface area contributed by atoms with E-state index in [9.17, 15) is 4.79 Å². The van der Waals surface area contributed by atoms with Gasteiger partial charge in [-0.15, -0.1) is 0 Å². The molecule has 0 saturated carbocycles. The lowest BCUT2D eigenvalue weighted by Gasteiger charge is -2.30. The third-order valence-electron chi connectivity index (χ3n) is 3.86. The number of rotatable bonds is 6. The molecule has 0 aliphatic carbocycles. The summed E-state index contributed by atoms with van der Waals surface area (Å²) in [6.07, 6.45) is 5.14. The molecule has 1 atom stereocenters. The molecule has 1 aliphatic rings. The van der Waals surface area contributed by atoms with E-state index in [4.69, 9.17) is 0 Å². The van der Waals surface area contributed by atoms with Crippen LogP contribution in [0.25, 0.3) is 0 Å². The number of likely N-dealkylation sites (tertiary alicyclic amines) is 1. The first-order valence-electron chi connectivity index (χ1n) is 7.53. The van der Waals surface area contributed by atoms with Crippen LogP contribution in [0, 0.1) is 11.8 Å². The molecule has 1 saturated heterocycles. The minimum Gasteiger partial charge on any atom is -0.353 e. The summed E-state index contributed by atoms with van der Waals surface area (Å²) in [7, 11) is 0. The highest BCUT2D eigenvalue weighted by atomic mass is 16.1. The van der Waals surface area contributed by atoms with Crippen LogP contribution in [0.1, 0.15) is 53.4 Å². The Hall–Kier alpha value is -0.570. The zero-order valence-electron chi connectivity index (χ0n) is 12.5. The molecule has 3 nitrogen and oxygen atoms in total. The standard InChI is InChI=1S/C15H30N2O/c1-12(2)14(16-15(18)13(3)4)8-11-17-9-6-5-7-10-17/h12-14H,5-11H2,1-4H3,(H,16,18). The molecule has 1 heterocycles. The van der Waals surface area contributed by atoms with Gasteiger partial charge in [-0.05, 0) is 38.3 Å². The molecule has 3 heteroatoms. The van der Waals surface area contributed by atoms with Gasteiger partial charge in [0.2, 0.25) is 5.91 Å². The van der Waals surface area contributed by atoms with Crippen molar-refractivity contribution in [3.8, 4) is 0 Å². The number of carbonyl (C=O) groups excluding carboxylic acids is 1. The van der Waals surface area contributed by atoms with E-state index >= 15 is 0 Å². The molecular formula is C15H30N2O. The molecule has 1 amide bonds. The second-order valence-electron chi connectivity index (χ2n) is 6.20. The van der Waals surface area contributed by atoms with E-state index in [-0.39, 0.29) is 11.8 Å². The number of piperidine rings is 1. The van der Waals surface area contributed by atoms with Crippen LogP contribution in [-0.2, 0) is 4.79 Å². The average Bonchev–Trinajstić information content (AvgIpc) is 2.34. The zero-order valence-corrected chi connectivity index (χ0v) is 12.5. The van der Waals surface area contributed by atoms with Crippen molar-refractivity contribution in [2.45, 2.75) is 59.4 Å². The fraction of sp³-hybridized carbons (Fsp3) is 0.933. The Labute approximate surface area is 112 Å². The van der Waals surface area contributed by atoms with Crippen molar-refractivity contribution in [2.75, 3.05) is 19.6 Å². The minimum absolute atomic E-state index is 0.0845. The highest BCUT2D eigenvalue weighted by Gasteiger charge is 2.19. The molecule has 1 unspecified atom stereocenters. The van der Waals surface area contributed by atoms with Gasteiger partial charge in [0.25, 0.3) is 0 Å². The number of nitrogens with zero attached hydrogens (tertiary/aromatic N) is 1. The quantitative estimate of drug-likeness (QED) is 0.790. The molecule has 0 radical (unpaired) electrons. The van der Waals surface area contributed by atoms with Crippen LogP contribution in [0.15, 0.2) is 0 Å². The normalized spacial score (nSPS) is 19.2. The van der Waals surface area contributed by atoms with Gasteiger partial charge in [0.05, 0.1) is 0 Å². The SMILES string of the molecule is CC(C)C(=O)NC(CCN1CCCCC1)C(C)C. The van der Waals surface area contributed by atoms with Gasteiger partial charge >= 0.3 is 0 Å². The lowest BCUT2D eigenvalue weighted by molar-refractivity contribution is -0.125. The first kappa shape index (κ1) is 15.5. The summed E-state index contributed by atoms with van der Waals surface area (Å²) in [6, 6.07) is 0.321. The average molecular weight is 254 g/mol. The summed E-state index contributed by atoms with van der Waals surface area (Å²) in [5, 5.41) is 3.19. The van der Waals surface area contributed by atoms with Crippen LogP contribution in [0.4, 0.5) is 0 Å². The van der Waals surface area contributed by atoms with Gasteiger partial charge in [-0.1, -0.05) is 34.1 Å². The number of hydrogen-bond donors (Lipinski definition) is 1. The summed E-state index contributed by atoms with van der Waals surface area (Å²) in [6.45, 7) is 11.9. The first-order valence-corrected chi connectivity index (χ1v) is 7.53.